The molecule has 1 aromatic rings. The van der Waals surface area contributed by atoms with Crippen LogP contribution < -0.4 is 5.73 Å². The quantitative estimate of drug-likeness (QED) is 0.911. The van der Waals surface area contributed by atoms with Crippen molar-refractivity contribution in [3.8, 4) is 0 Å². The van der Waals surface area contributed by atoms with Gasteiger partial charge in [0.2, 0.25) is 0 Å². The highest BCUT2D eigenvalue weighted by Gasteiger charge is 2.39. The second-order valence-corrected chi connectivity index (χ2v) is 6.07. The molecule has 0 aromatic carbocycles. The van der Waals surface area contributed by atoms with Gasteiger partial charge in [-0.2, -0.15) is 0 Å². The normalized spacial score (nSPS) is 30.5. The number of halogens is 1. The van der Waals surface area contributed by atoms with Crippen molar-refractivity contribution in [1.82, 2.24) is 9.88 Å². The van der Waals surface area contributed by atoms with Gasteiger partial charge in [-0.15, -0.1) is 0 Å². The topological polar surface area (TPSA) is 42.1 Å². The van der Waals surface area contributed by atoms with Crippen LogP contribution in [0, 0.1) is 0 Å². The van der Waals surface area contributed by atoms with E-state index in [1.54, 1.807) is 0 Å². The summed E-state index contributed by atoms with van der Waals surface area (Å²) in [7, 11) is 0. The van der Waals surface area contributed by atoms with Crippen molar-refractivity contribution in [3.05, 3.63) is 28.5 Å². The molecule has 17 heavy (non-hydrogen) atoms. The van der Waals surface area contributed by atoms with Crippen LogP contribution in [0.3, 0.4) is 0 Å². The summed E-state index contributed by atoms with van der Waals surface area (Å²) in [6.07, 6.45) is 8.83. The van der Waals surface area contributed by atoms with Crippen LogP contribution in [0.15, 0.2) is 22.9 Å². The molecular weight excluding hydrogens is 278 g/mol. The first-order valence-electron chi connectivity index (χ1n) is 6.37. The van der Waals surface area contributed by atoms with E-state index >= 15 is 0 Å². The molecule has 2 fully saturated rings. The van der Waals surface area contributed by atoms with Gasteiger partial charge >= 0.3 is 0 Å². The molecule has 2 N–H and O–H groups in total. The summed E-state index contributed by atoms with van der Waals surface area (Å²) in [6.45, 7) is 1.19. The van der Waals surface area contributed by atoms with E-state index in [-0.39, 0.29) is 6.04 Å². The van der Waals surface area contributed by atoms with Crippen molar-refractivity contribution in [2.24, 2.45) is 5.73 Å². The molecule has 0 spiro atoms. The van der Waals surface area contributed by atoms with Crippen LogP contribution in [-0.2, 0) is 0 Å². The minimum atomic E-state index is 0.250. The number of aromatic nitrogens is 1. The van der Waals surface area contributed by atoms with Crippen LogP contribution >= 0.6 is 15.9 Å². The minimum absolute atomic E-state index is 0.250. The number of nitrogens with two attached hydrogens (primary N) is 1. The van der Waals surface area contributed by atoms with Crippen molar-refractivity contribution >= 4 is 15.9 Å². The average Bonchev–Trinajstić information content (AvgIpc) is 3.12. The lowest BCUT2D eigenvalue weighted by Crippen LogP contribution is -2.46. The van der Waals surface area contributed by atoms with Crippen molar-refractivity contribution < 1.29 is 0 Å². The van der Waals surface area contributed by atoms with Gasteiger partial charge in [-0.1, -0.05) is 0 Å². The number of rotatable bonds is 2. The SMILES string of the molecule is NC1CCCN(C2CC2)C1c1cncc(Br)c1. The Labute approximate surface area is 111 Å². The molecule has 3 rings (SSSR count). The maximum Gasteiger partial charge on any atom is 0.0517 e. The monoisotopic (exact) mass is 295 g/mol. The summed E-state index contributed by atoms with van der Waals surface area (Å²) < 4.78 is 1.04. The second-order valence-electron chi connectivity index (χ2n) is 5.16. The van der Waals surface area contributed by atoms with Gasteiger partial charge in [0.05, 0.1) is 6.04 Å². The summed E-state index contributed by atoms with van der Waals surface area (Å²) in [5.74, 6) is 0. The Morgan fingerprint density at radius 3 is 2.82 bits per heavy atom. The Hall–Kier alpha value is -0.450. The van der Waals surface area contributed by atoms with Gasteiger partial charge in [0.15, 0.2) is 0 Å². The molecule has 1 saturated carbocycles. The number of nitrogens with zero attached hydrogens (tertiary/aromatic N) is 2. The Morgan fingerprint density at radius 1 is 1.29 bits per heavy atom. The fourth-order valence-corrected chi connectivity index (χ4v) is 3.28. The van der Waals surface area contributed by atoms with Gasteiger partial charge in [0.1, 0.15) is 0 Å². The first-order valence-corrected chi connectivity index (χ1v) is 7.17. The number of likely N-dealkylation sites (tertiary alicyclic amines) is 1. The maximum absolute atomic E-state index is 6.33. The van der Waals surface area contributed by atoms with Crippen LogP contribution in [0.1, 0.15) is 37.3 Å². The summed E-state index contributed by atoms with van der Waals surface area (Å²) in [5, 5.41) is 0. The van der Waals surface area contributed by atoms with Crippen LogP contribution in [0.5, 0.6) is 0 Å². The molecule has 92 valence electrons. The molecule has 1 aliphatic carbocycles. The number of piperidine rings is 1. The Balaban J connectivity index is 1.90. The predicted molar refractivity (Wildman–Crippen MR) is 71.6 cm³/mol. The molecular formula is C13H18BrN3. The largest absolute Gasteiger partial charge is 0.326 e. The third-order valence-corrected chi connectivity index (χ3v) is 4.23. The fraction of sp³-hybridized carbons (Fsp3) is 0.615. The predicted octanol–water partition coefficient (Wildman–Crippen LogP) is 2.47. The average molecular weight is 296 g/mol. The molecule has 2 atom stereocenters. The van der Waals surface area contributed by atoms with Crippen LogP contribution in [0.4, 0.5) is 0 Å². The highest BCUT2D eigenvalue weighted by Crippen LogP contribution is 2.39. The van der Waals surface area contributed by atoms with Crippen molar-refractivity contribution in [2.45, 2.75) is 43.8 Å². The number of hydrogen-bond donors (Lipinski definition) is 1. The van der Waals surface area contributed by atoms with E-state index in [0.29, 0.717) is 6.04 Å². The van der Waals surface area contributed by atoms with Gasteiger partial charge in [-0.05, 0) is 59.8 Å². The van der Waals surface area contributed by atoms with Crippen molar-refractivity contribution in [1.29, 1.82) is 0 Å². The lowest BCUT2D eigenvalue weighted by Gasteiger charge is -2.40. The van der Waals surface area contributed by atoms with Gasteiger partial charge in [0.25, 0.3) is 0 Å². The molecule has 0 bridgehead atoms. The van der Waals surface area contributed by atoms with Crippen LogP contribution in [0.2, 0.25) is 0 Å². The van der Waals surface area contributed by atoms with Gasteiger partial charge in [-0.3, -0.25) is 9.88 Å². The summed E-state index contributed by atoms with van der Waals surface area (Å²) in [5.41, 5.74) is 7.59. The highest BCUT2D eigenvalue weighted by molar-refractivity contribution is 9.10. The Bertz CT molecular complexity index is 405. The van der Waals surface area contributed by atoms with E-state index < -0.39 is 0 Å². The molecule has 2 aliphatic rings. The van der Waals surface area contributed by atoms with Gasteiger partial charge < -0.3 is 5.73 Å². The molecule has 1 saturated heterocycles. The smallest absolute Gasteiger partial charge is 0.0517 e. The second kappa shape index (κ2) is 4.67. The molecule has 1 aliphatic heterocycles. The lowest BCUT2D eigenvalue weighted by atomic mass is 9.91. The zero-order valence-corrected chi connectivity index (χ0v) is 11.4. The highest BCUT2D eigenvalue weighted by atomic mass is 79.9. The zero-order valence-electron chi connectivity index (χ0n) is 9.85. The molecule has 1 aromatic heterocycles. The number of pyridine rings is 1. The van der Waals surface area contributed by atoms with Crippen LogP contribution in [0.25, 0.3) is 0 Å². The Kier molecular flexibility index (Phi) is 3.19. The number of hydrogen-bond acceptors (Lipinski definition) is 3. The van der Waals surface area contributed by atoms with Crippen molar-refractivity contribution in [3.63, 3.8) is 0 Å². The van der Waals surface area contributed by atoms with Gasteiger partial charge in [0, 0.05) is 29.0 Å². The minimum Gasteiger partial charge on any atom is -0.326 e. The molecule has 0 amide bonds. The summed E-state index contributed by atoms with van der Waals surface area (Å²) in [6, 6.07) is 3.55. The van der Waals surface area contributed by atoms with E-state index in [4.69, 9.17) is 5.73 Å². The first-order chi connectivity index (χ1) is 8.25. The van der Waals surface area contributed by atoms with Crippen molar-refractivity contribution in [2.75, 3.05) is 6.54 Å². The summed E-state index contributed by atoms with van der Waals surface area (Å²) >= 11 is 3.50. The molecule has 4 heteroatoms. The molecule has 0 radical (unpaired) electrons. The van der Waals surface area contributed by atoms with E-state index in [0.717, 1.165) is 16.9 Å². The zero-order chi connectivity index (χ0) is 11.8. The summed E-state index contributed by atoms with van der Waals surface area (Å²) in [4.78, 5) is 6.87. The Morgan fingerprint density at radius 2 is 2.12 bits per heavy atom. The maximum atomic E-state index is 6.33. The molecule has 2 unspecified atom stereocenters. The molecule has 3 nitrogen and oxygen atoms in total. The van der Waals surface area contributed by atoms with E-state index in [1.165, 1.54) is 31.4 Å². The lowest BCUT2D eigenvalue weighted by molar-refractivity contribution is 0.119. The van der Waals surface area contributed by atoms with E-state index in [9.17, 15) is 0 Å². The standard InChI is InChI=1S/C13H18BrN3/c14-10-6-9(7-16-8-10)13-12(15)2-1-5-17(13)11-3-4-11/h6-8,11-13H,1-5,15H2. The fourth-order valence-electron chi connectivity index (χ4n) is 2.90. The first kappa shape index (κ1) is 11.6. The van der Waals surface area contributed by atoms with E-state index in [1.807, 2.05) is 12.4 Å². The third kappa shape index (κ3) is 2.39. The van der Waals surface area contributed by atoms with Crippen LogP contribution in [-0.4, -0.2) is 28.5 Å². The van der Waals surface area contributed by atoms with Gasteiger partial charge in [-0.25, -0.2) is 0 Å². The third-order valence-electron chi connectivity index (χ3n) is 3.80. The van der Waals surface area contributed by atoms with E-state index in [2.05, 4.69) is 31.9 Å². The molecule has 2 heterocycles.